The van der Waals surface area contributed by atoms with Crippen molar-refractivity contribution in [3.05, 3.63) is 59.7 Å². The van der Waals surface area contributed by atoms with Crippen molar-refractivity contribution in [3.63, 3.8) is 0 Å². The summed E-state index contributed by atoms with van der Waals surface area (Å²) < 4.78 is 5.02. The summed E-state index contributed by atoms with van der Waals surface area (Å²) in [5.74, 6) is 0.337. The highest BCUT2D eigenvalue weighted by Crippen LogP contribution is 2.22. The molecule has 25 heavy (non-hydrogen) atoms. The van der Waals surface area contributed by atoms with Crippen LogP contribution < -0.4 is 21.0 Å². The van der Waals surface area contributed by atoms with Gasteiger partial charge in [0.05, 0.1) is 13.3 Å². The van der Waals surface area contributed by atoms with E-state index in [1.807, 2.05) is 30.3 Å². The number of aromatic hydroxyl groups is 1. The number of phenolic OH excluding ortho intramolecular Hbond substituents is 1. The number of nitrogens with zero attached hydrogens (tertiary/aromatic N) is 1. The van der Waals surface area contributed by atoms with Gasteiger partial charge in [0, 0.05) is 17.7 Å². The summed E-state index contributed by atoms with van der Waals surface area (Å²) in [5, 5.41) is 13.8. The van der Waals surface area contributed by atoms with Gasteiger partial charge in [0.2, 0.25) is 0 Å². The number of carbonyl (C=O) groups excluding carboxylic acids is 1. The minimum Gasteiger partial charge on any atom is -0.507 e. The van der Waals surface area contributed by atoms with Gasteiger partial charge in [-0.3, -0.25) is 4.79 Å². The molecule has 0 aromatic heterocycles. The van der Waals surface area contributed by atoms with Crippen LogP contribution in [0, 0.1) is 0 Å². The maximum atomic E-state index is 12.2. The minimum absolute atomic E-state index is 0.0298. The molecule has 2 atom stereocenters. The standard InChI is InChI=1S/C18H20N4O3/c1-25-14-8-7-13(17(23)9-14)11-19-22-18(24)16-10-15(20-21-16)12-5-3-2-4-6-12/h2-9,11,15-16,20-21,23H,10H2,1H3,(H,22,24)/b19-11+. The Kier molecular flexibility index (Phi) is 5.27. The third-order valence-electron chi connectivity index (χ3n) is 4.04. The number of hydrazine groups is 1. The summed E-state index contributed by atoms with van der Waals surface area (Å²) in [4.78, 5) is 12.2. The maximum absolute atomic E-state index is 12.2. The van der Waals surface area contributed by atoms with Crippen molar-refractivity contribution >= 4 is 12.1 Å². The fourth-order valence-electron chi connectivity index (χ4n) is 2.64. The van der Waals surface area contributed by atoms with Crippen molar-refractivity contribution < 1.29 is 14.6 Å². The van der Waals surface area contributed by atoms with Crippen LogP contribution in [-0.2, 0) is 4.79 Å². The smallest absolute Gasteiger partial charge is 0.258 e. The quantitative estimate of drug-likeness (QED) is 0.488. The predicted octanol–water partition coefficient (Wildman–Crippen LogP) is 1.46. The number of methoxy groups -OCH3 is 1. The predicted molar refractivity (Wildman–Crippen MR) is 94.3 cm³/mol. The van der Waals surface area contributed by atoms with E-state index in [0.717, 1.165) is 5.56 Å². The van der Waals surface area contributed by atoms with Crippen molar-refractivity contribution in [3.8, 4) is 11.5 Å². The molecule has 0 saturated carbocycles. The van der Waals surface area contributed by atoms with Gasteiger partial charge >= 0.3 is 0 Å². The van der Waals surface area contributed by atoms with Gasteiger partial charge in [0.1, 0.15) is 17.5 Å². The number of hydrogen-bond acceptors (Lipinski definition) is 6. The average molecular weight is 340 g/mol. The number of amides is 1. The first kappa shape index (κ1) is 16.9. The van der Waals surface area contributed by atoms with E-state index in [4.69, 9.17) is 4.74 Å². The highest BCUT2D eigenvalue weighted by atomic mass is 16.5. The van der Waals surface area contributed by atoms with Gasteiger partial charge in [-0.15, -0.1) is 0 Å². The van der Waals surface area contributed by atoms with Crippen LogP contribution in [0.4, 0.5) is 0 Å². The van der Waals surface area contributed by atoms with Crippen molar-refractivity contribution in [2.24, 2.45) is 5.10 Å². The van der Waals surface area contributed by atoms with Gasteiger partial charge in [-0.2, -0.15) is 5.10 Å². The highest BCUT2D eigenvalue weighted by Gasteiger charge is 2.29. The molecule has 7 heteroatoms. The summed E-state index contributed by atoms with van der Waals surface area (Å²) in [6, 6.07) is 14.5. The first-order chi connectivity index (χ1) is 12.2. The lowest BCUT2D eigenvalue weighted by Gasteiger charge is -2.08. The Morgan fingerprint density at radius 3 is 2.80 bits per heavy atom. The number of nitrogens with one attached hydrogen (secondary N) is 3. The van der Waals surface area contributed by atoms with E-state index in [9.17, 15) is 9.90 Å². The molecule has 0 aliphatic carbocycles. The molecule has 2 aromatic rings. The zero-order chi connectivity index (χ0) is 17.6. The molecule has 2 unspecified atom stereocenters. The van der Waals surface area contributed by atoms with Crippen LogP contribution in [0.25, 0.3) is 0 Å². The SMILES string of the molecule is COc1ccc(/C=N/NC(=O)C2CC(c3ccccc3)NN2)c(O)c1. The van der Waals surface area contributed by atoms with Crippen molar-refractivity contribution in [2.75, 3.05) is 7.11 Å². The fraction of sp³-hybridized carbons (Fsp3) is 0.222. The topological polar surface area (TPSA) is 95.0 Å². The van der Waals surface area contributed by atoms with E-state index in [2.05, 4.69) is 21.4 Å². The second-order valence-electron chi connectivity index (χ2n) is 5.70. The summed E-state index contributed by atoms with van der Waals surface area (Å²) in [7, 11) is 1.52. The van der Waals surface area contributed by atoms with Crippen LogP contribution in [0.5, 0.6) is 11.5 Å². The molecular formula is C18H20N4O3. The van der Waals surface area contributed by atoms with E-state index in [1.165, 1.54) is 19.4 Å². The Balaban J connectivity index is 1.55. The number of ether oxygens (including phenoxy) is 1. The fourth-order valence-corrected chi connectivity index (χ4v) is 2.64. The largest absolute Gasteiger partial charge is 0.507 e. The Bertz CT molecular complexity index is 764. The van der Waals surface area contributed by atoms with Gasteiger partial charge < -0.3 is 9.84 Å². The van der Waals surface area contributed by atoms with Gasteiger partial charge in [-0.05, 0) is 24.1 Å². The van der Waals surface area contributed by atoms with Gasteiger partial charge in [0.25, 0.3) is 5.91 Å². The summed E-state index contributed by atoms with van der Waals surface area (Å²) in [6.45, 7) is 0. The molecule has 0 spiro atoms. The molecule has 1 aliphatic rings. The zero-order valence-electron chi connectivity index (χ0n) is 13.8. The molecule has 1 heterocycles. The van der Waals surface area contributed by atoms with Crippen LogP contribution in [0.15, 0.2) is 53.6 Å². The Labute approximate surface area is 145 Å². The molecule has 0 radical (unpaired) electrons. The average Bonchev–Trinajstić information content (AvgIpc) is 3.14. The molecule has 7 nitrogen and oxygen atoms in total. The van der Waals surface area contributed by atoms with Gasteiger partial charge in [0.15, 0.2) is 0 Å². The maximum Gasteiger partial charge on any atom is 0.258 e. The lowest BCUT2D eigenvalue weighted by atomic mass is 10.0. The first-order valence-corrected chi connectivity index (χ1v) is 7.93. The Morgan fingerprint density at radius 2 is 2.08 bits per heavy atom. The zero-order valence-corrected chi connectivity index (χ0v) is 13.8. The van der Waals surface area contributed by atoms with Crippen LogP contribution >= 0.6 is 0 Å². The van der Waals surface area contributed by atoms with Crippen LogP contribution in [0.3, 0.4) is 0 Å². The molecule has 1 fully saturated rings. The number of phenols is 1. The Morgan fingerprint density at radius 1 is 1.28 bits per heavy atom. The van der Waals surface area contributed by atoms with Crippen molar-refractivity contribution in [2.45, 2.75) is 18.5 Å². The molecule has 1 amide bonds. The number of carbonyl (C=O) groups is 1. The normalized spacial score (nSPS) is 19.9. The van der Waals surface area contributed by atoms with Gasteiger partial charge in [-0.25, -0.2) is 16.3 Å². The second kappa shape index (κ2) is 7.78. The second-order valence-corrected chi connectivity index (χ2v) is 5.70. The third-order valence-corrected chi connectivity index (χ3v) is 4.04. The molecule has 1 saturated heterocycles. The van der Waals surface area contributed by atoms with E-state index in [-0.39, 0.29) is 23.7 Å². The van der Waals surface area contributed by atoms with Crippen LogP contribution in [0.1, 0.15) is 23.6 Å². The molecule has 3 rings (SSSR count). The van der Waals surface area contributed by atoms with Crippen molar-refractivity contribution in [1.29, 1.82) is 0 Å². The Hall–Kier alpha value is -2.90. The molecule has 4 N–H and O–H groups in total. The van der Waals surface area contributed by atoms with Crippen molar-refractivity contribution in [1.82, 2.24) is 16.3 Å². The summed E-state index contributed by atoms with van der Waals surface area (Å²) in [5.41, 5.74) is 10.2. The van der Waals surface area contributed by atoms with E-state index in [1.54, 1.807) is 12.1 Å². The monoisotopic (exact) mass is 340 g/mol. The number of hydrazone groups is 1. The molecule has 2 aromatic carbocycles. The molecular weight excluding hydrogens is 320 g/mol. The van der Waals surface area contributed by atoms with E-state index in [0.29, 0.717) is 17.7 Å². The summed E-state index contributed by atoms with van der Waals surface area (Å²) in [6.07, 6.45) is 2.02. The molecule has 1 aliphatic heterocycles. The third kappa shape index (κ3) is 4.14. The number of rotatable bonds is 5. The van der Waals surface area contributed by atoms with Gasteiger partial charge in [-0.1, -0.05) is 30.3 Å². The molecule has 0 bridgehead atoms. The van der Waals surface area contributed by atoms with Crippen LogP contribution in [0.2, 0.25) is 0 Å². The number of hydrogen-bond donors (Lipinski definition) is 4. The summed E-state index contributed by atoms with van der Waals surface area (Å²) >= 11 is 0. The molecule has 130 valence electrons. The first-order valence-electron chi connectivity index (χ1n) is 7.93. The van der Waals surface area contributed by atoms with E-state index < -0.39 is 0 Å². The lowest BCUT2D eigenvalue weighted by molar-refractivity contribution is -0.122. The number of benzene rings is 2. The lowest BCUT2D eigenvalue weighted by Crippen LogP contribution is -2.41. The minimum atomic E-state index is -0.383. The highest BCUT2D eigenvalue weighted by molar-refractivity contribution is 5.87. The van der Waals surface area contributed by atoms with E-state index >= 15 is 0 Å². The van der Waals surface area contributed by atoms with Crippen LogP contribution in [-0.4, -0.2) is 30.4 Å².